The molecule has 1 atom stereocenters. The Morgan fingerprint density at radius 2 is 2.05 bits per heavy atom. The summed E-state index contributed by atoms with van der Waals surface area (Å²) in [7, 11) is -0.959. The second-order valence-electron chi connectivity index (χ2n) is 6.57. The topological polar surface area (TPSA) is 67.2 Å². The van der Waals surface area contributed by atoms with Crippen LogP contribution < -0.4 is 5.32 Å². The van der Waals surface area contributed by atoms with E-state index in [2.05, 4.69) is 17.2 Å². The van der Waals surface area contributed by atoms with Crippen molar-refractivity contribution >= 4 is 10.0 Å². The van der Waals surface area contributed by atoms with Gasteiger partial charge in [-0.25, -0.2) is 13.4 Å². The van der Waals surface area contributed by atoms with Crippen LogP contribution in [0.15, 0.2) is 12.4 Å². The summed E-state index contributed by atoms with van der Waals surface area (Å²) in [6.07, 6.45) is 8.56. The molecule has 1 aromatic rings. The number of nitrogens with zero attached hydrogens (tertiary/aromatic N) is 3. The lowest BCUT2D eigenvalue weighted by atomic mass is 9.90. The minimum Gasteiger partial charge on any atom is -0.337 e. The first kappa shape index (κ1) is 16.0. The summed E-state index contributed by atoms with van der Waals surface area (Å²) in [5.41, 5.74) is 0. The van der Waals surface area contributed by atoms with Gasteiger partial charge in [-0.15, -0.1) is 0 Å². The Morgan fingerprint density at radius 1 is 1.32 bits per heavy atom. The number of rotatable bonds is 4. The molecule has 0 spiro atoms. The van der Waals surface area contributed by atoms with Crippen LogP contribution in [0.5, 0.6) is 0 Å². The Hall–Kier alpha value is -0.920. The molecule has 1 aliphatic carbocycles. The summed E-state index contributed by atoms with van der Waals surface area (Å²) in [6, 6.07) is 0.888. The summed E-state index contributed by atoms with van der Waals surface area (Å²) in [4.78, 5) is 4.39. The first-order chi connectivity index (χ1) is 10.5. The van der Waals surface area contributed by atoms with Gasteiger partial charge in [0, 0.05) is 38.1 Å². The molecule has 1 N–H and O–H groups in total. The van der Waals surface area contributed by atoms with Crippen molar-refractivity contribution in [3.63, 3.8) is 0 Å². The maximum Gasteiger partial charge on any atom is 0.214 e. The van der Waals surface area contributed by atoms with Gasteiger partial charge in [0.1, 0.15) is 5.82 Å². The molecule has 124 valence electrons. The van der Waals surface area contributed by atoms with Gasteiger partial charge in [0.05, 0.1) is 11.8 Å². The van der Waals surface area contributed by atoms with Crippen molar-refractivity contribution in [3.8, 4) is 0 Å². The normalized spacial score (nSPS) is 30.5. The highest BCUT2D eigenvalue weighted by Gasteiger charge is 2.36. The zero-order valence-electron chi connectivity index (χ0n) is 13.4. The lowest BCUT2D eigenvalue weighted by Gasteiger charge is -2.35. The number of hydrogen-bond donors (Lipinski definition) is 1. The van der Waals surface area contributed by atoms with Crippen molar-refractivity contribution in [2.24, 2.45) is 7.05 Å². The van der Waals surface area contributed by atoms with Gasteiger partial charge >= 0.3 is 0 Å². The van der Waals surface area contributed by atoms with E-state index in [1.807, 2.05) is 24.0 Å². The molecule has 0 aromatic carbocycles. The standard InChI is InChI=1S/C15H26N4O2S/c1-12(15-16-8-10-18(15)2)17-13-4-6-14(7-5-13)19-9-3-11-22(19,20)21/h8,10,12-14,17H,3-7,9,11H2,1-2H3. The van der Waals surface area contributed by atoms with Crippen LogP contribution in [-0.2, 0) is 17.1 Å². The smallest absolute Gasteiger partial charge is 0.214 e. The SMILES string of the molecule is CC(NC1CCC(N2CCCS2(=O)=O)CC1)c1nccn1C. The first-order valence-corrected chi connectivity index (χ1v) is 9.81. The number of aromatic nitrogens is 2. The highest BCUT2D eigenvalue weighted by Crippen LogP contribution is 2.29. The third kappa shape index (κ3) is 3.21. The monoisotopic (exact) mass is 326 g/mol. The third-order valence-electron chi connectivity index (χ3n) is 4.97. The molecule has 3 rings (SSSR count). The van der Waals surface area contributed by atoms with E-state index in [0.29, 0.717) is 11.8 Å². The summed E-state index contributed by atoms with van der Waals surface area (Å²) in [6.45, 7) is 2.86. The van der Waals surface area contributed by atoms with Crippen LogP contribution >= 0.6 is 0 Å². The molecule has 6 nitrogen and oxygen atoms in total. The van der Waals surface area contributed by atoms with Gasteiger partial charge < -0.3 is 9.88 Å². The average molecular weight is 326 g/mol. The van der Waals surface area contributed by atoms with Gasteiger partial charge in [0.15, 0.2) is 0 Å². The highest BCUT2D eigenvalue weighted by atomic mass is 32.2. The molecule has 1 saturated carbocycles. The van der Waals surface area contributed by atoms with Crippen molar-refractivity contribution in [1.29, 1.82) is 0 Å². The van der Waals surface area contributed by atoms with E-state index in [0.717, 1.165) is 44.5 Å². The molecular formula is C15H26N4O2S. The Morgan fingerprint density at radius 3 is 2.59 bits per heavy atom. The lowest BCUT2D eigenvalue weighted by Crippen LogP contribution is -2.43. The predicted molar refractivity (Wildman–Crippen MR) is 85.9 cm³/mol. The molecule has 0 amide bonds. The molecule has 7 heteroatoms. The van der Waals surface area contributed by atoms with Crippen LogP contribution in [0.2, 0.25) is 0 Å². The number of sulfonamides is 1. The maximum absolute atomic E-state index is 12.0. The van der Waals surface area contributed by atoms with Crippen LogP contribution in [0, 0.1) is 0 Å². The van der Waals surface area contributed by atoms with Gasteiger partial charge in [-0.1, -0.05) is 0 Å². The Balaban J connectivity index is 1.53. The van der Waals surface area contributed by atoms with Crippen molar-refractivity contribution < 1.29 is 8.42 Å². The molecule has 1 unspecified atom stereocenters. The Bertz CT molecular complexity index is 605. The quantitative estimate of drug-likeness (QED) is 0.908. The summed E-state index contributed by atoms with van der Waals surface area (Å²) in [5.74, 6) is 1.38. The number of hydrogen-bond acceptors (Lipinski definition) is 4. The largest absolute Gasteiger partial charge is 0.337 e. The average Bonchev–Trinajstić information content (AvgIpc) is 3.05. The molecule has 1 saturated heterocycles. The fraction of sp³-hybridized carbons (Fsp3) is 0.800. The van der Waals surface area contributed by atoms with Crippen molar-refractivity contribution in [1.82, 2.24) is 19.2 Å². The van der Waals surface area contributed by atoms with Crippen LogP contribution in [0.3, 0.4) is 0 Å². The molecule has 2 aliphatic rings. The zero-order valence-corrected chi connectivity index (χ0v) is 14.2. The van der Waals surface area contributed by atoms with E-state index in [1.165, 1.54) is 0 Å². The van der Waals surface area contributed by atoms with E-state index in [9.17, 15) is 8.42 Å². The van der Waals surface area contributed by atoms with Crippen molar-refractivity contribution in [2.45, 2.75) is 57.2 Å². The molecule has 1 aliphatic heterocycles. The predicted octanol–water partition coefficient (Wildman–Crippen LogP) is 1.42. The number of nitrogens with one attached hydrogen (secondary N) is 1. The molecule has 0 bridgehead atoms. The summed E-state index contributed by atoms with van der Waals surface area (Å²) in [5, 5.41) is 3.64. The van der Waals surface area contributed by atoms with E-state index < -0.39 is 10.0 Å². The van der Waals surface area contributed by atoms with Crippen LogP contribution in [0.25, 0.3) is 0 Å². The fourth-order valence-corrected chi connectivity index (χ4v) is 5.62. The Kier molecular flexibility index (Phi) is 4.56. The van der Waals surface area contributed by atoms with E-state index >= 15 is 0 Å². The van der Waals surface area contributed by atoms with Crippen LogP contribution in [0.1, 0.15) is 50.9 Å². The fourth-order valence-electron chi connectivity index (χ4n) is 3.82. The second kappa shape index (κ2) is 6.29. The maximum atomic E-state index is 12.0. The molecular weight excluding hydrogens is 300 g/mol. The van der Waals surface area contributed by atoms with Gasteiger partial charge in [-0.3, -0.25) is 0 Å². The van der Waals surface area contributed by atoms with Gasteiger partial charge in [0.25, 0.3) is 0 Å². The van der Waals surface area contributed by atoms with Gasteiger partial charge in [-0.2, -0.15) is 4.31 Å². The first-order valence-electron chi connectivity index (χ1n) is 8.20. The second-order valence-corrected chi connectivity index (χ2v) is 8.61. The van der Waals surface area contributed by atoms with Crippen LogP contribution in [0.4, 0.5) is 0 Å². The van der Waals surface area contributed by atoms with E-state index in [4.69, 9.17) is 0 Å². The van der Waals surface area contributed by atoms with Crippen LogP contribution in [-0.4, -0.2) is 46.7 Å². The van der Waals surface area contributed by atoms with Crippen molar-refractivity contribution in [3.05, 3.63) is 18.2 Å². The number of aryl methyl sites for hydroxylation is 1. The molecule has 0 radical (unpaired) electrons. The third-order valence-corrected chi connectivity index (χ3v) is 6.97. The lowest BCUT2D eigenvalue weighted by molar-refractivity contribution is 0.227. The Labute approximate surface area is 133 Å². The van der Waals surface area contributed by atoms with Crippen molar-refractivity contribution in [2.75, 3.05) is 12.3 Å². The molecule has 1 aromatic heterocycles. The molecule has 2 fully saturated rings. The van der Waals surface area contributed by atoms with Gasteiger partial charge in [-0.05, 0) is 39.0 Å². The van der Waals surface area contributed by atoms with E-state index in [-0.39, 0.29) is 12.1 Å². The summed E-state index contributed by atoms with van der Waals surface area (Å²) >= 11 is 0. The van der Waals surface area contributed by atoms with Gasteiger partial charge in [0.2, 0.25) is 10.0 Å². The minimum atomic E-state index is -2.97. The minimum absolute atomic E-state index is 0.217. The van der Waals surface area contributed by atoms with E-state index in [1.54, 1.807) is 4.31 Å². The highest BCUT2D eigenvalue weighted by molar-refractivity contribution is 7.89. The molecule has 2 heterocycles. The number of imidazole rings is 1. The summed E-state index contributed by atoms with van der Waals surface area (Å²) < 4.78 is 27.8. The zero-order chi connectivity index (χ0) is 15.7. The molecule has 22 heavy (non-hydrogen) atoms.